The van der Waals surface area contributed by atoms with Gasteiger partial charge in [0.15, 0.2) is 12.2 Å². The van der Waals surface area contributed by atoms with Gasteiger partial charge in [0.2, 0.25) is 0 Å². The summed E-state index contributed by atoms with van der Waals surface area (Å²) in [6.45, 7) is 2.99. The molecule has 0 spiro atoms. The molecule has 0 aromatic heterocycles. The van der Waals surface area contributed by atoms with Crippen LogP contribution in [-0.4, -0.2) is 48.1 Å². The van der Waals surface area contributed by atoms with E-state index in [1.165, 1.54) is 6.92 Å². The highest BCUT2D eigenvalue weighted by molar-refractivity contribution is 5.89. The molecule has 1 aromatic carbocycles. The Balaban J connectivity index is 2.12. The van der Waals surface area contributed by atoms with E-state index in [1.807, 2.05) is 0 Å². The molecule has 1 N–H and O–H groups in total. The molecule has 1 aromatic rings. The van der Waals surface area contributed by atoms with Crippen molar-refractivity contribution in [3.8, 4) is 0 Å². The molecule has 1 fully saturated rings. The van der Waals surface area contributed by atoms with Crippen LogP contribution in [0.5, 0.6) is 0 Å². The summed E-state index contributed by atoms with van der Waals surface area (Å²) in [6, 6.07) is 8.42. The molecule has 114 valence electrons. The van der Waals surface area contributed by atoms with Gasteiger partial charge in [-0.3, -0.25) is 4.79 Å². The molecule has 2 unspecified atom stereocenters. The number of aliphatic hydroxyl groups is 1. The van der Waals surface area contributed by atoms with Crippen molar-refractivity contribution in [2.75, 3.05) is 6.61 Å². The fourth-order valence-corrected chi connectivity index (χ4v) is 2.15. The molecule has 1 heterocycles. The van der Waals surface area contributed by atoms with Gasteiger partial charge in [0.05, 0.1) is 18.3 Å². The maximum atomic E-state index is 12.1. The van der Waals surface area contributed by atoms with Crippen LogP contribution in [0.4, 0.5) is 0 Å². The maximum absolute atomic E-state index is 12.1. The van der Waals surface area contributed by atoms with Crippen LogP contribution >= 0.6 is 0 Å². The van der Waals surface area contributed by atoms with Crippen LogP contribution in [0.3, 0.4) is 0 Å². The second-order valence-corrected chi connectivity index (χ2v) is 4.91. The molecule has 0 saturated carbocycles. The minimum Gasteiger partial charge on any atom is -0.456 e. The minimum atomic E-state index is -1.06. The fourth-order valence-electron chi connectivity index (χ4n) is 2.15. The highest BCUT2D eigenvalue weighted by Gasteiger charge is 2.42. The lowest BCUT2D eigenvalue weighted by Crippen LogP contribution is -2.55. The number of aliphatic hydroxyl groups excluding tert-OH is 1. The predicted molar refractivity (Wildman–Crippen MR) is 72.6 cm³/mol. The van der Waals surface area contributed by atoms with Crippen molar-refractivity contribution in [3.63, 3.8) is 0 Å². The van der Waals surface area contributed by atoms with Crippen LogP contribution in [0.15, 0.2) is 30.3 Å². The van der Waals surface area contributed by atoms with Crippen molar-refractivity contribution in [1.29, 1.82) is 0 Å². The van der Waals surface area contributed by atoms with E-state index in [1.54, 1.807) is 37.3 Å². The highest BCUT2D eigenvalue weighted by atomic mass is 16.6. The summed E-state index contributed by atoms with van der Waals surface area (Å²) in [5.41, 5.74) is 0.366. The van der Waals surface area contributed by atoms with E-state index in [-0.39, 0.29) is 6.61 Å². The monoisotopic (exact) mass is 294 g/mol. The van der Waals surface area contributed by atoms with Gasteiger partial charge in [-0.15, -0.1) is 0 Å². The largest absolute Gasteiger partial charge is 0.456 e. The van der Waals surface area contributed by atoms with E-state index in [0.29, 0.717) is 5.56 Å². The molecule has 6 heteroatoms. The number of rotatable bonds is 3. The zero-order chi connectivity index (χ0) is 15.4. The number of benzene rings is 1. The van der Waals surface area contributed by atoms with Crippen molar-refractivity contribution in [1.82, 2.24) is 0 Å². The zero-order valence-electron chi connectivity index (χ0n) is 11.9. The first kappa shape index (κ1) is 15.5. The maximum Gasteiger partial charge on any atom is 0.338 e. The third-order valence-corrected chi connectivity index (χ3v) is 3.28. The number of carbonyl (C=O) groups is 2. The summed E-state index contributed by atoms with van der Waals surface area (Å²) >= 11 is 0. The van der Waals surface area contributed by atoms with Crippen molar-refractivity contribution in [2.45, 2.75) is 38.3 Å². The molecule has 4 atom stereocenters. The Morgan fingerprint density at radius 1 is 1.24 bits per heavy atom. The van der Waals surface area contributed by atoms with E-state index in [4.69, 9.17) is 14.2 Å². The average Bonchev–Trinajstić information content (AvgIpc) is 2.47. The minimum absolute atomic E-state index is 0.0740. The molecule has 0 amide bonds. The normalized spacial score (nSPS) is 28.7. The Morgan fingerprint density at radius 2 is 1.90 bits per heavy atom. The first-order chi connectivity index (χ1) is 9.99. The summed E-state index contributed by atoms with van der Waals surface area (Å²) in [5.74, 6) is -1.10. The predicted octanol–water partition coefficient (Wildman–Crippen LogP) is 0.923. The van der Waals surface area contributed by atoms with Gasteiger partial charge >= 0.3 is 11.9 Å². The van der Waals surface area contributed by atoms with Crippen molar-refractivity contribution in [2.24, 2.45) is 0 Å². The van der Waals surface area contributed by atoms with Crippen molar-refractivity contribution in [3.05, 3.63) is 35.9 Å². The molecule has 1 aliphatic rings. The van der Waals surface area contributed by atoms with Gasteiger partial charge in [-0.25, -0.2) is 4.79 Å². The van der Waals surface area contributed by atoms with Crippen LogP contribution in [0, 0.1) is 0 Å². The van der Waals surface area contributed by atoms with Gasteiger partial charge in [-0.2, -0.15) is 0 Å². The highest BCUT2D eigenvalue weighted by Crippen LogP contribution is 2.22. The summed E-state index contributed by atoms with van der Waals surface area (Å²) in [6.07, 6.45) is -3.34. The Morgan fingerprint density at radius 3 is 2.52 bits per heavy atom. The van der Waals surface area contributed by atoms with Gasteiger partial charge < -0.3 is 19.3 Å². The van der Waals surface area contributed by atoms with Gasteiger partial charge in [0, 0.05) is 6.92 Å². The van der Waals surface area contributed by atoms with Crippen LogP contribution in [-0.2, 0) is 19.0 Å². The Kier molecular flexibility index (Phi) is 4.93. The topological polar surface area (TPSA) is 82.1 Å². The molecule has 1 saturated heterocycles. The van der Waals surface area contributed by atoms with E-state index in [0.717, 1.165) is 0 Å². The van der Waals surface area contributed by atoms with Gasteiger partial charge in [0.25, 0.3) is 0 Å². The fraction of sp³-hybridized carbons (Fsp3) is 0.467. The van der Waals surface area contributed by atoms with Crippen LogP contribution in [0.25, 0.3) is 0 Å². The number of carbonyl (C=O) groups excluding carboxylic acids is 2. The van der Waals surface area contributed by atoms with E-state index >= 15 is 0 Å². The first-order valence-corrected chi connectivity index (χ1v) is 6.72. The second-order valence-electron chi connectivity index (χ2n) is 4.91. The molecule has 0 aliphatic carbocycles. The Hall–Kier alpha value is -1.92. The standard InChI is InChI=1S/C15H18O6/c1-9-13(17)14(12(8-19-9)20-10(2)16)21-15(18)11-6-4-3-5-7-11/h3-7,9,12-14,17H,8H2,1-2H3/t9-,12-,13?,14?/m0/s1. The molecule has 1 aliphatic heterocycles. The second kappa shape index (κ2) is 6.69. The molecule has 0 bridgehead atoms. The molecule has 6 nitrogen and oxygen atoms in total. The van der Waals surface area contributed by atoms with Crippen molar-refractivity contribution >= 4 is 11.9 Å². The number of esters is 2. The third kappa shape index (κ3) is 3.80. The summed E-state index contributed by atoms with van der Waals surface area (Å²) in [5, 5.41) is 10.1. The molecule has 21 heavy (non-hydrogen) atoms. The van der Waals surface area contributed by atoms with Gasteiger partial charge in [-0.05, 0) is 19.1 Å². The average molecular weight is 294 g/mol. The number of ether oxygens (including phenoxy) is 3. The zero-order valence-corrected chi connectivity index (χ0v) is 11.9. The lowest BCUT2D eigenvalue weighted by Gasteiger charge is -2.37. The number of hydrogen-bond acceptors (Lipinski definition) is 6. The number of hydrogen-bond donors (Lipinski definition) is 1. The van der Waals surface area contributed by atoms with Crippen LogP contribution in [0.2, 0.25) is 0 Å². The Bertz CT molecular complexity index is 500. The molecule has 0 radical (unpaired) electrons. The van der Waals surface area contributed by atoms with E-state index in [2.05, 4.69) is 0 Å². The quantitative estimate of drug-likeness (QED) is 0.835. The SMILES string of the molecule is CC(=O)O[C@H]1CO[C@@H](C)C(O)C1OC(=O)c1ccccc1. The van der Waals surface area contributed by atoms with Crippen molar-refractivity contribution < 1.29 is 28.9 Å². The first-order valence-electron chi connectivity index (χ1n) is 6.72. The smallest absolute Gasteiger partial charge is 0.338 e. The lowest BCUT2D eigenvalue weighted by molar-refractivity contribution is -0.201. The third-order valence-electron chi connectivity index (χ3n) is 3.28. The Labute approximate surface area is 122 Å². The van der Waals surface area contributed by atoms with E-state index in [9.17, 15) is 14.7 Å². The lowest BCUT2D eigenvalue weighted by atomic mass is 10.0. The van der Waals surface area contributed by atoms with Crippen LogP contribution < -0.4 is 0 Å². The van der Waals surface area contributed by atoms with E-state index < -0.39 is 36.4 Å². The van der Waals surface area contributed by atoms with Crippen LogP contribution in [0.1, 0.15) is 24.2 Å². The summed E-state index contributed by atoms with van der Waals surface area (Å²) < 4.78 is 15.7. The molecular formula is C15H18O6. The van der Waals surface area contributed by atoms with Gasteiger partial charge in [0.1, 0.15) is 6.10 Å². The summed E-state index contributed by atoms with van der Waals surface area (Å²) in [4.78, 5) is 23.2. The molecular weight excluding hydrogens is 276 g/mol. The van der Waals surface area contributed by atoms with Gasteiger partial charge in [-0.1, -0.05) is 18.2 Å². The molecule has 2 rings (SSSR count). The summed E-state index contributed by atoms with van der Waals surface area (Å²) in [7, 11) is 0.